The second-order valence-electron chi connectivity index (χ2n) is 4.22. The van der Waals surface area contributed by atoms with Crippen molar-refractivity contribution in [2.24, 2.45) is 0 Å². The Morgan fingerprint density at radius 2 is 2.17 bits per heavy atom. The first kappa shape index (κ1) is 12.9. The monoisotopic (exact) mass is 260 g/mol. The average Bonchev–Trinajstić information content (AvgIpc) is 2.89. The summed E-state index contributed by atoms with van der Waals surface area (Å²) in [5.41, 5.74) is 4.52. The lowest BCUT2D eigenvalue weighted by Crippen LogP contribution is -2.02. The van der Waals surface area contributed by atoms with Gasteiger partial charge in [-0.1, -0.05) is 11.8 Å². The minimum absolute atomic E-state index is 0.0954. The van der Waals surface area contributed by atoms with E-state index in [0.29, 0.717) is 0 Å². The van der Waals surface area contributed by atoms with Crippen LogP contribution in [0.2, 0.25) is 0 Å². The van der Waals surface area contributed by atoms with E-state index in [4.69, 9.17) is 5.11 Å². The second-order valence-corrected chi connectivity index (χ2v) is 5.21. The maximum atomic E-state index is 8.65. The number of aromatic nitrogens is 2. The molecule has 18 heavy (non-hydrogen) atoms. The third-order valence-electron chi connectivity index (χ3n) is 3.01. The van der Waals surface area contributed by atoms with E-state index in [1.807, 2.05) is 17.0 Å². The third-order valence-corrected chi connectivity index (χ3v) is 3.94. The summed E-state index contributed by atoms with van der Waals surface area (Å²) >= 11 is 1.67. The summed E-state index contributed by atoms with van der Waals surface area (Å²) in [4.78, 5) is 1.22. The summed E-state index contributed by atoms with van der Waals surface area (Å²) in [5, 5.41) is 15.2. The van der Waals surface area contributed by atoms with E-state index in [1.165, 1.54) is 16.1 Å². The Morgan fingerprint density at radius 3 is 2.78 bits per heavy atom. The molecule has 2 aromatic heterocycles. The van der Waals surface area contributed by atoms with Crippen molar-refractivity contribution in [3.63, 3.8) is 0 Å². The van der Waals surface area contributed by atoms with Crippen LogP contribution < -0.4 is 0 Å². The molecular weight excluding hydrogens is 244 g/mol. The lowest BCUT2D eigenvalue weighted by molar-refractivity contribution is 0.350. The van der Waals surface area contributed by atoms with Crippen LogP contribution in [0.25, 0.3) is 0 Å². The molecule has 2 rings (SSSR count). The van der Waals surface area contributed by atoms with Gasteiger partial charge in [0, 0.05) is 21.5 Å². The van der Waals surface area contributed by atoms with Crippen molar-refractivity contribution in [2.45, 2.75) is 27.3 Å². The SMILES string of the molecule is Cc1nn(Cc2cc(C#CCO)cs2)c(C)c1C. The van der Waals surface area contributed by atoms with Crippen molar-refractivity contribution in [1.29, 1.82) is 0 Å². The summed E-state index contributed by atoms with van der Waals surface area (Å²) in [6.45, 7) is 6.91. The molecule has 0 aliphatic carbocycles. The van der Waals surface area contributed by atoms with Crippen molar-refractivity contribution in [3.05, 3.63) is 38.8 Å². The first-order valence-electron chi connectivity index (χ1n) is 5.79. The fourth-order valence-electron chi connectivity index (χ4n) is 1.76. The smallest absolute Gasteiger partial charge is 0.104 e. The molecule has 0 aromatic carbocycles. The number of rotatable bonds is 2. The predicted molar refractivity (Wildman–Crippen MR) is 73.8 cm³/mol. The molecule has 0 unspecified atom stereocenters. The molecule has 2 heterocycles. The fourth-order valence-corrected chi connectivity index (χ4v) is 2.56. The Morgan fingerprint density at radius 1 is 1.39 bits per heavy atom. The van der Waals surface area contributed by atoms with Crippen LogP contribution in [0.4, 0.5) is 0 Å². The Hall–Kier alpha value is -1.57. The maximum absolute atomic E-state index is 8.65. The van der Waals surface area contributed by atoms with Crippen LogP contribution in [0, 0.1) is 32.6 Å². The van der Waals surface area contributed by atoms with Crippen molar-refractivity contribution >= 4 is 11.3 Å². The number of aryl methyl sites for hydroxylation is 1. The summed E-state index contributed by atoms with van der Waals surface area (Å²) < 4.78 is 2.03. The first-order valence-corrected chi connectivity index (χ1v) is 6.67. The van der Waals surface area contributed by atoms with Crippen LogP contribution in [0.5, 0.6) is 0 Å². The standard InChI is InChI=1S/C14H16N2OS/c1-10-11(2)15-16(12(10)3)8-14-7-13(9-18-14)5-4-6-17/h7,9,17H,6,8H2,1-3H3. The van der Waals surface area contributed by atoms with Gasteiger partial charge >= 0.3 is 0 Å². The number of aliphatic hydroxyl groups excluding tert-OH is 1. The van der Waals surface area contributed by atoms with Gasteiger partial charge in [0.1, 0.15) is 6.61 Å². The van der Waals surface area contributed by atoms with Crippen molar-refractivity contribution < 1.29 is 5.11 Å². The van der Waals surface area contributed by atoms with E-state index in [2.05, 4.69) is 36.9 Å². The molecule has 0 bridgehead atoms. The fraction of sp³-hybridized carbons (Fsp3) is 0.357. The number of hydrogen-bond donors (Lipinski definition) is 1. The predicted octanol–water partition coefficient (Wildman–Crippen LogP) is 2.26. The normalized spacial score (nSPS) is 10.2. The Kier molecular flexibility index (Phi) is 3.85. The van der Waals surface area contributed by atoms with Crippen molar-refractivity contribution in [1.82, 2.24) is 9.78 Å². The van der Waals surface area contributed by atoms with Gasteiger partial charge in [0.05, 0.1) is 12.2 Å². The molecule has 4 heteroatoms. The van der Waals surface area contributed by atoms with E-state index in [0.717, 1.165) is 17.8 Å². The molecule has 0 amide bonds. The molecule has 0 fully saturated rings. The lowest BCUT2D eigenvalue weighted by Gasteiger charge is -2.01. The van der Waals surface area contributed by atoms with Gasteiger partial charge in [-0.3, -0.25) is 4.68 Å². The largest absolute Gasteiger partial charge is 0.384 e. The Bertz CT molecular complexity index is 614. The van der Waals surface area contributed by atoms with E-state index in [-0.39, 0.29) is 6.61 Å². The molecule has 0 saturated carbocycles. The molecule has 0 atom stereocenters. The van der Waals surface area contributed by atoms with Gasteiger partial charge in [-0.15, -0.1) is 11.3 Å². The second kappa shape index (κ2) is 5.38. The number of nitrogens with zero attached hydrogens (tertiary/aromatic N) is 2. The van der Waals surface area contributed by atoms with E-state index in [1.54, 1.807) is 11.3 Å². The van der Waals surface area contributed by atoms with E-state index in [9.17, 15) is 0 Å². The minimum Gasteiger partial charge on any atom is -0.384 e. The topological polar surface area (TPSA) is 38.0 Å². The average molecular weight is 260 g/mol. The molecule has 0 aliphatic rings. The van der Waals surface area contributed by atoms with Gasteiger partial charge in [0.2, 0.25) is 0 Å². The first-order chi connectivity index (χ1) is 8.61. The van der Waals surface area contributed by atoms with Crippen LogP contribution in [0.3, 0.4) is 0 Å². The zero-order valence-electron chi connectivity index (χ0n) is 10.8. The van der Waals surface area contributed by atoms with Gasteiger partial charge in [-0.25, -0.2) is 0 Å². The quantitative estimate of drug-likeness (QED) is 0.841. The molecule has 1 N–H and O–H groups in total. The molecule has 0 saturated heterocycles. The lowest BCUT2D eigenvalue weighted by atomic mass is 10.2. The molecule has 0 aliphatic heterocycles. The van der Waals surface area contributed by atoms with Gasteiger partial charge in [-0.05, 0) is 32.4 Å². The Balaban J connectivity index is 2.18. The van der Waals surface area contributed by atoms with Gasteiger partial charge in [-0.2, -0.15) is 5.10 Å². The van der Waals surface area contributed by atoms with Crippen molar-refractivity contribution in [2.75, 3.05) is 6.61 Å². The highest BCUT2D eigenvalue weighted by Crippen LogP contribution is 2.18. The molecule has 0 radical (unpaired) electrons. The van der Waals surface area contributed by atoms with Crippen LogP contribution >= 0.6 is 11.3 Å². The van der Waals surface area contributed by atoms with Gasteiger partial charge in [0.15, 0.2) is 0 Å². The summed E-state index contributed by atoms with van der Waals surface area (Å²) in [7, 11) is 0. The van der Waals surface area contributed by atoms with Crippen molar-refractivity contribution in [3.8, 4) is 11.8 Å². The van der Waals surface area contributed by atoms with Gasteiger partial charge in [0.25, 0.3) is 0 Å². The summed E-state index contributed by atoms with van der Waals surface area (Å²) in [5.74, 6) is 5.57. The third kappa shape index (κ3) is 2.63. The Labute approximate surface area is 111 Å². The van der Waals surface area contributed by atoms with Crippen LogP contribution in [0.1, 0.15) is 27.4 Å². The zero-order valence-corrected chi connectivity index (χ0v) is 11.6. The summed E-state index contributed by atoms with van der Waals surface area (Å²) in [6.07, 6.45) is 0. The molecule has 94 valence electrons. The maximum Gasteiger partial charge on any atom is 0.104 e. The zero-order chi connectivity index (χ0) is 13.1. The highest BCUT2D eigenvalue weighted by atomic mass is 32.1. The molecule has 0 spiro atoms. The van der Waals surface area contributed by atoms with Crippen LogP contribution in [-0.4, -0.2) is 21.5 Å². The van der Waals surface area contributed by atoms with Crippen LogP contribution in [0.15, 0.2) is 11.4 Å². The molecular formula is C14H16N2OS. The highest BCUT2D eigenvalue weighted by Gasteiger charge is 2.08. The minimum atomic E-state index is -0.0954. The number of hydrogen-bond acceptors (Lipinski definition) is 3. The van der Waals surface area contributed by atoms with E-state index < -0.39 is 0 Å². The van der Waals surface area contributed by atoms with E-state index >= 15 is 0 Å². The number of thiophene rings is 1. The van der Waals surface area contributed by atoms with Crippen LogP contribution in [-0.2, 0) is 6.54 Å². The number of aliphatic hydroxyl groups is 1. The highest BCUT2D eigenvalue weighted by molar-refractivity contribution is 7.10. The molecule has 3 nitrogen and oxygen atoms in total. The summed E-state index contributed by atoms with van der Waals surface area (Å²) in [6, 6.07) is 2.05. The van der Waals surface area contributed by atoms with Gasteiger partial charge < -0.3 is 5.11 Å². The molecule has 2 aromatic rings.